The van der Waals surface area contributed by atoms with Crippen molar-refractivity contribution in [3.05, 3.63) is 34.4 Å². The molecule has 0 heterocycles. The fourth-order valence-corrected chi connectivity index (χ4v) is 4.77. The third kappa shape index (κ3) is 2.94. The first-order chi connectivity index (χ1) is 9.95. The minimum atomic E-state index is -3.58. The molecule has 2 aliphatic rings. The van der Waals surface area contributed by atoms with Crippen LogP contribution in [0, 0.1) is 27.9 Å². The maximum atomic E-state index is 12.2. The number of nitro groups is 1. The van der Waals surface area contributed by atoms with Crippen molar-refractivity contribution in [2.24, 2.45) is 17.8 Å². The second-order valence-corrected chi connectivity index (χ2v) is 7.80. The van der Waals surface area contributed by atoms with Gasteiger partial charge in [-0.25, -0.2) is 13.1 Å². The second-order valence-electron chi connectivity index (χ2n) is 6.04. The van der Waals surface area contributed by atoms with Crippen LogP contribution in [0.2, 0.25) is 0 Å². The molecule has 0 spiro atoms. The Kier molecular flexibility index (Phi) is 3.71. The highest BCUT2D eigenvalue weighted by Gasteiger charge is 2.39. The van der Waals surface area contributed by atoms with E-state index in [4.69, 9.17) is 0 Å². The molecule has 6 nitrogen and oxygen atoms in total. The molecule has 0 aliphatic heterocycles. The van der Waals surface area contributed by atoms with Crippen molar-refractivity contribution in [2.45, 2.75) is 30.6 Å². The SMILES string of the molecule is O=[N+]([O-])c1ccc(S(=O)(=O)NC[C@@H]2C[C@@H]3CC[C@@H]2C3)cc1. The molecule has 21 heavy (non-hydrogen) atoms. The van der Waals surface area contributed by atoms with Crippen molar-refractivity contribution in [3.8, 4) is 0 Å². The van der Waals surface area contributed by atoms with E-state index in [-0.39, 0.29) is 10.6 Å². The molecule has 3 rings (SSSR count). The van der Waals surface area contributed by atoms with Gasteiger partial charge in [0.2, 0.25) is 10.0 Å². The van der Waals surface area contributed by atoms with Crippen LogP contribution in [0.15, 0.2) is 29.2 Å². The first-order valence-corrected chi connectivity index (χ1v) is 8.68. The van der Waals surface area contributed by atoms with Gasteiger partial charge in [0.25, 0.3) is 5.69 Å². The summed E-state index contributed by atoms with van der Waals surface area (Å²) in [6.45, 7) is 0.473. The van der Waals surface area contributed by atoms with E-state index in [0.29, 0.717) is 18.4 Å². The number of rotatable bonds is 5. The van der Waals surface area contributed by atoms with Crippen LogP contribution < -0.4 is 4.72 Å². The first kappa shape index (κ1) is 14.5. The molecule has 2 bridgehead atoms. The van der Waals surface area contributed by atoms with Crippen molar-refractivity contribution < 1.29 is 13.3 Å². The van der Waals surface area contributed by atoms with Gasteiger partial charge in [-0.05, 0) is 49.1 Å². The molecule has 1 N–H and O–H groups in total. The van der Waals surface area contributed by atoms with E-state index in [9.17, 15) is 18.5 Å². The van der Waals surface area contributed by atoms with Crippen LogP contribution in [0.1, 0.15) is 25.7 Å². The summed E-state index contributed by atoms with van der Waals surface area (Å²) in [4.78, 5) is 10.1. The van der Waals surface area contributed by atoms with Gasteiger partial charge >= 0.3 is 0 Å². The molecular formula is C14H18N2O4S. The molecule has 0 unspecified atom stereocenters. The standard InChI is InChI=1S/C14H18N2O4S/c17-16(18)13-3-5-14(6-4-13)21(19,20)15-9-12-8-10-1-2-11(12)7-10/h3-6,10-12,15H,1-2,7-9H2/t10-,11-,12+/m1/s1. The van der Waals surface area contributed by atoms with E-state index in [1.165, 1.54) is 43.5 Å². The summed E-state index contributed by atoms with van der Waals surface area (Å²) in [6, 6.07) is 4.99. The van der Waals surface area contributed by atoms with Crippen molar-refractivity contribution >= 4 is 15.7 Å². The molecule has 2 aliphatic carbocycles. The quantitative estimate of drug-likeness (QED) is 0.667. The van der Waals surface area contributed by atoms with Crippen LogP contribution in [0.25, 0.3) is 0 Å². The first-order valence-electron chi connectivity index (χ1n) is 7.20. The van der Waals surface area contributed by atoms with Gasteiger partial charge in [-0.15, -0.1) is 0 Å². The van der Waals surface area contributed by atoms with Crippen LogP contribution in [0.4, 0.5) is 5.69 Å². The number of nitrogens with one attached hydrogen (secondary N) is 1. The highest BCUT2D eigenvalue weighted by Crippen LogP contribution is 2.48. The molecular weight excluding hydrogens is 292 g/mol. The van der Waals surface area contributed by atoms with Gasteiger partial charge in [0.05, 0.1) is 9.82 Å². The molecule has 1 aromatic carbocycles. The highest BCUT2D eigenvalue weighted by atomic mass is 32.2. The molecule has 0 amide bonds. The predicted molar refractivity (Wildman–Crippen MR) is 77.2 cm³/mol. The number of sulfonamides is 1. The van der Waals surface area contributed by atoms with Gasteiger partial charge < -0.3 is 0 Å². The lowest BCUT2D eigenvalue weighted by molar-refractivity contribution is -0.384. The van der Waals surface area contributed by atoms with Gasteiger partial charge in [0, 0.05) is 18.7 Å². The van der Waals surface area contributed by atoms with E-state index in [0.717, 1.165) is 12.3 Å². The third-order valence-corrected chi connectivity index (χ3v) is 6.22. The summed E-state index contributed by atoms with van der Waals surface area (Å²) in [7, 11) is -3.58. The number of nitro benzene ring substituents is 1. The molecule has 0 aromatic heterocycles. The average Bonchev–Trinajstić information content (AvgIpc) is 3.08. The number of hydrogen-bond donors (Lipinski definition) is 1. The van der Waals surface area contributed by atoms with Gasteiger partial charge in [0.1, 0.15) is 0 Å². The van der Waals surface area contributed by atoms with Gasteiger partial charge in [0.15, 0.2) is 0 Å². The van der Waals surface area contributed by atoms with Gasteiger partial charge in [-0.2, -0.15) is 0 Å². The largest absolute Gasteiger partial charge is 0.269 e. The van der Waals surface area contributed by atoms with E-state index in [1.807, 2.05) is 0 Å². The minimum Gasteiger partial charge on any atom is -0.258 e. The van der Waals surface area contributed by atoms with E-state index in [2.05, 4.69) is 4.72 Å². The third-order valence-electron chi connectivity index (χ3n) is 4.78. The average molecular weight is 310 g/mol. The molecule has 114 valence electrons. The lowest BCUT2D eigenvalue weighted by Crippen LogP contribution is -2.31. The maximum Gasteiger partial charge on any atom is 0.269 e. The summed E-state index contributed by atoms with van der Waals surface area (Å²) >= 11 is 0. The predicted octanol–water partition coefficient (Wildman–Crippen LogP) is 2.31. The van der Waals surface area contributed by atoms with E-state index < -0.39 is 14.9 Å². The van der Waals surface area contributed by atoms with Gasteiger partial charge in [-0.3, -0.25) is 10.1 Å². The molecule has 7 heteroatoms. The lowest BCUT2D eigenvalue weighted by Gasteiger charge is -2.21. The zero-order valence-electron chi connectivity index (χ0n) is 11.6. The molecule has 1 aromatic rings. The number of benzene rings is 1. The van der Waals surface area contributed by atoms with Crippen molar-refractivity contribution in [1.82, 2.24) is 4.72 Å². The fraction of sp³-hybridized carbons (Fsp3) is 0.571. The van der Waals surface area contributed by atoms with Crippen LogP contribution in [-0.2, 0) is 10.0 Å². The Morgan fingerprint density at radius 1 is 1.19 bits per heavy atom. The number of nitrogens with zero attached hydrogens (tertiary/aromatic N) is 1. The molecule has 2 saturated carbocycles. The summed E-state index contributed by atoms with van der Waals surface area (Å²) in [5.74, 6) is 1.88. The Hall–Kier alpha value is -1.47. The van der Waals surface area contributed by atoms with Crippen LogP contribution >= 0.6 is 0 Å². The second kappa shape index (κ2) is 5.38. The summed E-state index contributed by atoms with van der Waals surface area (Å²) in [5, 5.41) is 10.6. The monoisotopic (exact) mass is 310 g/mol. The summed E-state index contributed by atoms with van der Waals surface area (Å²) in [5.41, 5.74) is -0.109. The smallest absolute Gasteiger partial charge is 0.258 e. The Labute approximate surface area is 123 Å². The molecule has 3 atom stereocenters. The lowest BCUT2D eigenvalue weighted by atomic mass is 9.89. The summed E-state index contributed by atoms with van der Waals surface area (Å²) in [6.07, 6.45) is 4.86. The van der Waals surface area contributed by atoms with Crippen molar-refractivity contribution in [1.29, 1.82) is 0 Å². The zero-order chi connectivity index (χ0) is 15.0. The van der Waals surface area contributed by atoms with Crippen LogP contribution in [0.5, 0.6) is 0 Å². The van der Waals surface area contributed by atoms with E-state index >= 15 is 0 Å². The maximum absolute atomic E-state index is 12.2. The normalized spacial score (nSPS) is 27.9. The zero-order valence-corrected chi connectivity index (χ0v) is 12.4. The van der Waals surface area contributed by atoms with Gasteiger partial charge in [-0.1, -0.05) is 6.42 Å². The fourth-order valence-electron chi connectivity index (χ4n) is 3.67. The Morgan fingerprint density at radius 2 is 1.90 bits per heavy atom. The van der Waals surface area contributed by atoms with Crippen LogP contribution in [-0.4, -0.2) is 19.9 Å². The topological polar surface area (TPSA) is 89.3 Å². The van der Waals surface area contributed by atoms with Crippen LogP contribution in [0.3, 0.4) is 0 Å². The Morgan fingerprint density at radius 3 is 2.43 bits per heavy atom. The molecule has 0 radical (unpaired) electrons. The number of hydrogen-bond acceptors (Lipinski definition) is 4. The minimum absolute atomic E-state index is 0.0799. The number of non-ortho nitro benzene ring substituents is 1. The Bertz CT molecular complexity index is 641. The molecule has 0 saturated heterocycles. The highest BCUT2D eigenvalue weighted by molar-refractivity contribution is 7.89. The van der Waals surface area contributed by atoms with E-state index in [1.54, 1.807) is 0 Å². The summed E-state index contributed by atoms with van der Waals surface area (Å²) < 4.78 is 27.0. The number of fused-ring (bicyclic) bond motifs is 2. The van der Waals surface area contributed by atoms with Crippen molar-refractivity contribution in [2.75, 3.05) is 6.54 Å². The Balaban J connectivity index is 1.65. The van der Waals surface area contributed by atoms with Crippen molar-refractivity contribution in [3.63, 3.8) is 0 Å². The molecule has 2 fully saturated rings.